The van der Waals surface area contributed by atoms with Crippen molar-refractivity contribution in [2.24, 2.45) is 0 Å². The van der Waals surface area contributed by atoms with Crippen molar-refractivity contribution >= 4 is 38.2 Å². The van der Waals surface area contributed by atoms with Crippen LogP contribution in [0.5, 0.6) is 5.75 Å². The molecule has 0 unspecified atom stereocenters. The molecule has 0 saturated carbocycles. The Balaban J connectivity index is 1.67. The molecule has 0 saturated heterocycles. The molecule has 0 aliphatic carbocycles. The Morgan fingerprint density at radius 3 is 2.48 bits per heavy atom. The predicted octanol–water partition coefficient (Wildman–Crippen LogP) is 5.51. The first kappa shape index (κ1) is 22.8. The van der Waals surface area contributed by atoms with E-state index in [2.05, 4.69) is 25.1 Å². The first-order valence-corrected chi connectivity index (χ1v) is 10.3. The van der Waals surface area contributed by atoms with Crippen molar-refractivity contribution in [3.63, 3.8) is 0 Å². The Morgan fingerprint density at radius 2 is 1.85 bits per heavy atom. The van der Waals surface area contributed by atoms with Crippen molar-refractivity contribution in [2.75, 3.05) is 5.32 Å². The Labute approximate surface area is 187 Å². The van der Waals surface area contributed by atoms with Crippen molar-refractivity contribution in [2.45, 2.75) is 39.0 Å². The number of carbonyl (C=O) groups excluding carboxylic acids is 1. The maximum absolute atomic E-state index is 13.6. The fourth-order valence-electron chi connectivity index (χ4n) is 2.97. The molecule has 7 nitrogen and oxygen atoms in total. The van der Waals surface area contributed by atoms with Crippen LogP contribution in [0, 0.1) is 0 Å². The van der Waals surface area contributed by atoms with Crippen LogP contribution in [0.1, 0.15) is 42.6 Å². The maximum Gasteiger partial charge on any atom is 0.433 e. The van der Waals surface area contributed by atoms with Gasteiger partial charge in [0, 0.05) is 11.5 Å². The second-order valence-electron chi connectivity index (χ2n) is 8.06. The van der Waals surface area contributed by atoms with Gasteiger partial charge in [0.25, 0.3) is 5.91 Å². The summed E-state index contributed by atoms with van der Waals surface area (Å²) >= 11 is 0.983. The number of rotatable bonds is 4. The Morgan fingerprint density at radius 1 is 1.12 bits per heavy atom. The van der Waals surface area contributed by atoms with Crippen LogP contribution in [0.25, 0.3) is 15.9 Å². The summed E-state index contributed by atoms with van der Waals surface area (Å²) < 4.78 is 71.0. The zero-order valence-electron chi connectivity index (χ0n) is 17.4. The number of aromatic nitrogens is 4. The van der Waals surface area contributed by atoms with E-state index in [0.717, 1.165) is 23.5 Å². The van der Waals surface area contributed by atoms with Gasteiger partial charge in [0.2, 0.25) is 0 Å². The minimum atomic E-state index is -4.72. The fraction of sp³-hybridized carbons (Fsp3) is 0.300. The molecule has 1 amide bonds. The Hall–Kier alpha value is -3.35. The maximum atomic E-state index is 13.6. The number of hydrogen-bond acceptors (Lipinski definition) is 6. The zero-order chi connectivity index (χ0) is 24.1. The lowest BCUT2D eigenvalue weighted by atomic mass is 9.91. The standard InChI is InChI=1S/C20H16F5N5O2S/c1-19(2,3)13-8-14(20(23,24)25)30-15(27-13)7-11(29-30)16(31)28-18-26-10-5-4-9(32-17(21)22)6-12(10)33-18/h4-8,17H,1-3H3,(H,26,28,31). The number of fused-ring (bicyclic) bond motifs is 2. The van der Waals surface area contributed by atoms with Crippen molar-refractivity contribution in [3.05, 3.63) is 47.4 Å². The fourth-order valence-corrected chi connectivity index (χ4v) is 3.86. The zero-order valence-corrected chi connectivity index (χ0v) is 18.2. The molecule has 0 fully saturated rings. The molecule has 174 valence electrons. The van der Waals surface area contributed by atoms with Crippen LogP contribution < -0.4 is 10.1 Å². The number of halogens is 5. The van der Waals surface area contributed by atoms with Crippen molar-refractivity contribution in [1.29, 1.82) is 0 Å². The molecule has 3 aromatic heterocycles. The van der Waals surface area contributed by atoms with Crippen LogP contribution in [0.2, 0.25) is 0 Å². The molecule has 13 heteroatoms. The van der Waals surface area contributed by atoms with Gasteiger partial charge in [-0.3, -0.25) is 10.1 Å². The van der Waals surface area contributed by atoms with Crippen LogP contribution in [-0.4, -0.2) is 32.1 Å². The predicted molar refractivity (Wildman–Crippen MR) is 111 cm³/mol. The van der Waals surface area contributed by atoms with Crippen LogP contribution in [0.15, 0.2) is 30.3 Å². The number of thiazole rings is 1. The summed E-state index contributed by atoms with van der Waals surface area (Å²) in [5.41, 5.74) is -1.52. The number of hydrogen-bond donors (Lipinski definition) is 1. The summed E-state index contributed by atoms with van der Waals surface area (Å²) in [6.45, 7) is 2.18. The highest BCUT2D eigenvalue weighted by molar-refractivity contribution is 7.22. The highest BCUT2D eigenvalue weighted by atomic mass is 32.1. The van der Waals surface area contributed by atoms with Gasteiger partial charge in [-0.05, 0) is 24.3 Å². The van der Waals surface area contributed by atoms with Gasteiger partial charge in [-0.15, -0.1) is 0 Å². The number of nitrogens with zero attached hydrogens (tertiary/aromatic N) is 4. The van der Waals surface area contributed by atoms with E-state index in [4.69, 9.17) is 0 Å². The van der Waals surface area contributed by atoms with E-state index in [1.54, 1.807) is 20.8 Å². The number of benzene rings is 1. The lowest BCUT2D eigenvalue weighted by Crippen LogP contribution is -2.20. The van der Waals surface area contributed by atoms with Crippen molar-refractivity contribution in [3.8, 4) is 5.75 Å². The first-order valence-electron chi connectivity index (χ1n) is 9.46. The number of nitrogens with one attached hydrogen (secondary N) is 1. The molecule has 0 atom stereocenters. The number of alkyl halides is 5. The second-order valence-corrected chi connectivity index (χ2v) is 9.09. The summed E-state index contributed by atoms with van der Waals surface area (Å²) in [6, 6.07) is 6.15. The average Bonchev–Trinajstić information content (AvgIpc) is 3.28. The quantitative estimate of drug-likeness (QED) is 0.386. The minimum Gasteiger partial charge on any atom is -0.435 e. The highest BCUT2D eigenvalue weighted by Crippen LogP contribution is 2.33. The van der Waals surface area contributed by atoms with Gasteiger partial charge >= 0.3 is 12.8 Å². The van der Waals surface area contributed by atoms with E-state index in [1.807, 2.05) is 0 Å². The van der Waals surface area contributed by atoms with Gasteiger partial charge in [-0.25, -0.2) is 14.5 Å². The molecular formula is C20H16F5N5O2S. The second kappa shape index (κ2) is 7.90. The molecule has 1 N–H and O–H groups in total. The third-order valence-electron chi connectivity index (χ3n) is 4.52. The van der Waals surface area contributed by atoms with Crippen LogP contribution >= 0.6 is 11.3 Å². The van der Waals surface area contributed by atoms with E-state index in [0.29, 0.717) is 14.7 Å². The smallest absolute Gasteiger partial charge is 0.433 e. The summed E-state index contributed by atoms with van der Waals surface area (Å²) in [5.74, 6) is -0.867. The van der Waals surface area contributed by atoms with Crippen LogP contribution in [0.3, 0.4) is 0 Å². The third kappa shape index (κ3) is 4.72. The van der Waals surface area contributed by atoms with E-state index in [-0.39, 0.29) is 27.9 Å². The molecule has 4 rings (SSSR count). The molecule has 4 aromatic rings. The lowest BCUT2D eigenvalue weighted by molar-refractivity contribution is -0.142. The summed E-state index contributed by atoms with van der Waals surface area (Å²) in [5, 5.41) is 6.37. The molecule has 0 radical (unpaired) electrons. The van der Waals surface area contributed by atoms with Gasteiger partial charge in [0.1, 0.15) is 11.4 Å². The lowest BCUT2D eigenvalue weighted by Gasteiger charge is -2.19. The summed E-state index contributed by atoms with van der Waals surface area (Å²) in [6.07, 6.45) is -4.72. The topological polar surface area (TPSA) is 81.4 Å². The van der Waals surface area contributed by atoms with E-state index < -0.39 is 29.8 Å². The largest absolute Gasteiger partial charge is 0.435 e. The number of anilines is 1. The summed E-state index contributed by atoms with van der Waals surface area (Å²) in [4.78, 5) is 21.1. The van der Waals surface area contributed by atoms with Gasteiger partial charge in [-0.2, -0.15) is 27.1 Å². The molecule has 0 aliphatic rings. The van der Waals surface area contributed by atoms with Gasteiger partial charge < -0.3 is 4.74 Å². The molecule has 1 aromatic carbocycles. The van der Waals surface area contributed by atoms with E-state index >= 15 is 0 Å². The van der Waals surface area contributed by atoms with Crippen molar-refractivity contribution < 1.29 is 31.5 Å². The molecular weight excluding hydrogens is 469 g/mol. The van der Waals surface area contributed by atoms with Gasteiger partial charge in [0.15, 0.2) is 16.5 Å². The summed E-state index contributed by atoms with van der Waals surface area (Å²) in [7, 11) is 0. The highest BCUT2D eigenvalue weighted by Gasteiger charge is 2.36. The molecule has 3 heterocycles. The number of amides is 1. The first-order chi connectivity index (χ1) is 15.3. The molecule has 0 spiro atoms. The van der Waals surface area contributed by atoms with E-state index in [9.17, 15) is 26.7 Å². The van der Waals surface area contributed by atoms with E-state index in [1.165, 1.54) is 18.2 Å². The molecule has 0 bridgehead atoms. The molecule has 33 heavy (non-hydrogen) atoms. The Kier molecular flexibility index (Phi) is 5.47. The van der Waals surface area contributed by atoms with Gasteiger partial charge in [0.05, 0.1) is 15.9 Å². The van der Waals surface area contributed by atoms with Crippen molar-refractivity contribution in [1.82, 2.24) is 19.6 Å². The van der Waals surface area contributed by atoms with Crippen LogP contribution in [0.4, 0.5) is 27.1 Å². The van der Waals surface area contributed by atoms with Crippen LogP contribution in [-0.2, 0) is 11.6 Å². The average molecular weight is 485 g/mol. The number of carbonyl (C=O) groups is 1. The minimum absolute atomic E-state index is 0.0696. The number of ether oxygens (including phenoxy) is 1. The molecule has 0 aliphatic heterocycles. The normalized spacial score (nSPS) is 12.6. The SMILES string of the molecule is CC(C)(C)c1cc(C(F)(F)F)n2nc(C(=O)Nc3nc4ccc(OC(F)F)cc4s3)cc2n1. The monoisotopic (exact) mass is 485 g/mol. The Bertz CT molecular complexity index is 1360. The third-order valence-corrected chi connectivity index (χ3v) is 5.46. The van der Waals surface area contributed by atoms with Gasteiger partial charge in [-0.1, -0.05) is 32.1 Å².